The average molecular weight is 650 g/mol. The van der Waals surface area contributed by atoms with Crippen molar-refractivity contribution in [3.05, 3.63) is 69.5 Å². The van der Waals surface area contributed by atoms with E-state index in [1.165, 1.54) is 7.11 Å². The molecule has 0 spiro atoms. The number of carbonyl (C=O) groups is 2. The lowest BCUT2D eigenvalue weighted by atomic mass is 9.99. The Kier molecular flexibility index (Phi) is 8.50. The monoisotopic (exact) mass is 648 g/mol. The summed E-state index contributed by atoms with van der Waals surface area (Å²) in [5.41, 5.74) is 2.48. The Morgan fingerprint density at radius 2 is 1.80 bits per heavy atom. The number of carboxylic acids is 1. The summed E-state index contributed by atoms with van der Waals surface area (Å²) >= 11 is 4.64. The molecule has 1 aromatic heterocycles. The molecule has 2 aliphatic rings. The van der Waals surface area contributed by atoms with E-state index in [1.54, 1.807) is 4.31 Å². The van der Waals surface area contributed by atoms with Crippen molar-refractivity contribution in [1.29, 1.82) is 0 Å². The SMILES string of the molecule is COC(=O)c1sc(-c2cccc(NC3CC4CCC(C3)N4S(=O)(=O)Cc3ccccc3)c2)c(Br)c1OCC(=O)O. The van der Waals surface area contributed by atoms with Gasteiger partial charge in [-0.05, 0) is 64.9 Å². The van der Waals surface area contributed by atoms with Crippen LogP contribution in [0.25, 0.3) is 10.4 Å². The zero-order valence-electron chi connectivity index (χ0n) is 21.7. The van der Waals surface area contributed by atoms with Crippen molar-refractivity contribution in [3.63, 3.8) is 0 Å². The van der Waals surface area contributed by atoms with Gasteiger partial charge >= 0.3 is 11.9 Å². The van der Waals surface area contributed by atoms with Crippen LogP contribution in [0.1, 0.15) is 40.9 Å². The maximum atomic E-state index is 13.3. The van der Waals surface area contributed by atoms with E-state index < -0.39 is 28.6 Å². The van der Waals surface area contributed by atoms with Crippen molar-refractivity contribution in [2.75, 3.05) is 19.0 Å². The molecule has 2 unspecified atom stereocenters. The number of ether oxygens (including phenoxy) is 2. The number of carboxylic acid groups (broad SMARTS) is 1. The highest BCUT2D eigenvalue weighted by Gasteiger charge is 2.46. The van der Waals surface area contributed by atoms with Crippen molar-refractivity contribution in [3.8, 4) is 16.2 Å². The van der Waals surface area contributed by atoms with Crippen LogP contribution in [0.2, 0.25) is 0 Å². The van der Waals surface area contributed by atoms with Crippen LogP contribution in [0.3, 0.4) is 0 Å². The molecule has 2 fully saturated rings. The van der Waals surface area contributed by atoms with Crippen LogP contribution in [0.15, 0.2) is 59.1 Å². The van der Waals surface area contributed by atoms with Gasteiger partial charge in [-0.1, -0.05) is 42.5 Å². The number of hydrogen-bond acceptors (Lipinski definition) is 8. The lowest BCUT2D eigenvalue weighted by Crippen LogP contribution is -2.49. The van der Waals surface area contributed by atoms with E-state index in [0.29, 0.717) is 9.35 Å². The topological polar surface area (TPSA) is 122 Å². The fourth-order valence-electron chi connectivity index (χ4n) is 5.62. The number of hydrogen-bond donors (Lipinski definition) is 2. The number of nitrogens with one attached hydrogen (secondary N) is 1. The minimum absolute atomic E-state index is 0.0163. The molecule has 2 N–H and O–H groups in total. The minimum atomic E-state index is -3.42. The van der Waals surface area contributed by atoms with Gasteiger partial charge in [-0.15, -0.1) is 11.3 Å². The minimum Gasteiger partial charge on any atom is -0.479 e. The highest BCUT2D eigenvalue weighted by molar-refractivity contribution is 9.10. The zero-order chi connectivity index (χ0) is 28.4. The molecular weight excluding hydrogens is 620 g/mol. The number of benzene rings is 2. The number of halogens is 1. The Labute approximate surface area is 245 Å². The summed E-state index contributed by atoms with van der Waals surface area (Å²) in [6, 6.07) is 17.1. The largest absolute Gasteiger partial charge is 0.479 e. The third-order valence-electron chi connectivity index (χ3n) is 7.19. The molecule has 0 aliphatic carbocycles. The molecule has 3 aromatic rings. The smallest absolute Gasteiger partial charge is 0.351 e. The van der Waals surface area contributed by atoms with Crippen molar-refractivity contribution in [2.24, 2.45) is 0 Å². The molecule has 5 rings (SSSR count). The third-order valence-corrected chi connectivity index (χ3v) is 11.4. The number of fused-ring (bicyclic) bond motifs is 2. The molecule has 9 nitrogen and oxygen atoms in total. The molecule has 212 valence electrons. The van der Waals surface area contributed by atoms with Gasteiger partial charge in [0.1, 0.15) is 0 Å². The van der Waals surface area contributed by atoms with E-state index in [4.69, 9.17) is 14.6 Å². The number of anilines is 1. The normalized spacial score (nSPS) is 20.7. The summed E-state index contributed by atoms with van der Waals surface area (Å²) in [5.74, 6) is -1.62. The number of esters is 1. The molecule has 2 bridgehead atoms. The van der Waals surface area contributed by atoms with Gasteiger partial charge in [0, 0.05) is 23.8 Å². The van der Waals surface area contributed by atoms with Crippen LogP contribution in [0.5, 0.6) is 5.75 Å². The number of carbonyl (C=O) groups excluding carboxylic acids is 1. The van der Waals surface area contributed by atoms with Gasteiger partial charge in [-0.2, -0.15) is 4.31 Å². The first-order valence-electron chi connectivity index (χ1n) is 12.8. The van der Waals surface area contributed by atoms with E-state index >= 15 is 0 Å². The predicted molar refractivity (Wildman–Crippen MR) is 156 cm³/mol. The highest BCUT2D eigenvalue weighted by Crippen LogP contribution is 2.46. The molecule has 12 heteroatoms. The van der Waals surface area contributed by atoms with E-state index in [2.05, 4.69) is 21.2 Å². The number of methoxy groups -OCH3 is 1. The molecule has 2 aliphatic heterocycles. The number of rotatable bonds is 10. The number of nitrogens with zero attached hydrogens (tertiary/aromatic N) is 1. The zero-order valence-corrected chi connectivity index (χ0v) is 24.9. The van der Waals surface area contributed by atoms with E-state index in [0.717, 1.165) is 53.8 Å². The first kappa shape index (κ1) is 28.6. The van der Waals surface area contributed by atoms with E-state index in [9.17, 15) is 18.0 Å². The van der Waals surface area contributed by atoms with Crippen molar-refractivity contribution in [1.82, 2.24) is 4.31 Å². The number of aliphatic carboxylic acids is 1. The van der Waals surface area contributed by atoms with Crippen LogP contribution >= 0.6 is 27.3 Å². The molecular formula is C28H29BrN2O7S2. The second kappa shape index (κ2) is 11.9. The lowest BCUT2D eigenvalue weighted by Gasteiger charge is -2.38. The first-order chi connectivity index (χ1) is 19.2. The Morgan fingerprint density at radius 3 is 2.45 bits per heavy atom. The molecule has 2 saturated heterocycles. The Bertz CT molecular complexity index is 1500. The predicted octanol–water partition coefficient (Wildman–Crippen LogP) is 5.36. The van der Waals surface area contributed by atoms with Crippen molar-refractivity contribution in [2.45, 2.75) is 49.6 Å². The molecule has 3 heterocycles. The first-order valence-corrected chi connectivity index (χ1v) is 16.1. The lowest BCUT2D eigenvalue weighted by molar-refractivity contribution is -0.139. The second-order valence-corrected chi connectivity index (χ2v) is 13.6. The van der Waals surface area contributed by atoms with E-state index in [1.807, 2.05) is 54.6 Å². The molecule has 0 amide bonds. The van der Waals surface area contributed by atoms with Gasteiger partial charge in [0.2, 0.25) is 10.0 Å². The maximum absolute atomic E-state index is 13.3. The summed E-state index contributed by atoms with van der Waals surface area (Å²) < 4.78 is 39.2. The maximum Gasteiger partial charge on any atom is 0.351 e. The van der Waals surface area contributed by atoms with Crippen molar-refractivity contribution < 1.29 is 32.6 Å². The van der Waals surface area contributed by atoms with Gasteiger partial charge in [0.05, 0.1) is 22.2 Å². The average Bonchev–Trinajstić information content (AvgIpc) is 3.41. The molecule has 0 saturated carbocycles. The van der Waals surface area contributed by atoms with Gasteiger partial charge in [0.25, 0.3) is 0 Å². The third kappa shape index (κ3) is 6.04. The van der Waals surface area contributed by atoms with Crippen LogP contribution in [-0.2, 0) is 25.3 Å². The summed E-state index contributed by atoms with van der Waals surface area (Å²) in [6.45, 7) is -0.595. The summed E-state index contributed by atoms with van der Waals surface area (Å²) in [6.07, 6.45) is 3.15. The fraction of sp³-hybridized carbons (Fsp3) is 0.357. The van der Waals surface area contributed by atoms with Crippen LogP contribution < -0.4 is 10.1 Å². The number of sulfonamides is 1. The fourth-order valence-corrected chi connectivity index (χ4v) is 9.64. The Balaban J connectivity index is 1.32. The van der Waals surface area contributed by atoms with Gasteiger partial charge < -0.3 is 19.9 Å². The van der Waals surface area contributed by atoms with Gasteiger partial charge in [-0.25, -0.2) is 18.0 Å². The molecule has 40 heavy (non-hydrogen) atoms. The van der Waals surface area contributed by atoms with Crippen LogP contribution in [0.4, 0.5) is 5.69 Å². The standard InChI is InChI=1S/C28H29BrN2O7S2/c1-37-28(34)27-25(38-15-23(32)33)24(29)26(39-27)18-8-5-9-19(12-18)30-20-13-21-10-11-22(14-20)31(21)40(35,36)16-17-6-3-2-4-7-17/h2-9,12,20-22,30H,10-11,13-16H2,1H3,(H,32,33). The second-order valence-electron chi connectivity index (χ2n) is 9.93. The molecule has 2 aromatic carbocycles. The molecule has 2 atom stereocenters. The number of piperidine rings is 1. The highest BCUT2D eigenvalue weighted by atomic mass is 79.9. The molecule has 0 radical (unpaired) electrons. The summed E-state index contributed by atoms with van der Waals surface area (Å²) in [4.78, 5) is 24.3. The van der Waals surface area contributed by atoms with Crippen LogP contribution in [0, 0.1) is 0 Å². The Morgan fingerprint density at radius 1 is 1.10 bits per heavy atom. The van der Waals surface area contributed by atoms with Crippen LogP contribution in [-0.4, -0.2) is 61.6 Å². The Hall–Kier alpha value is -2.93. The summed E-state index contributed by atoms with van der Waals surface area (Å²) in [7, 11) is -2.17. The van der Waals surface area contributed by atoms with Gasteiger partial charge in [-0.3, -0.25) is 0 Å². The van der Waals surface area contributed by atoms with Gasteiger partial charge in [0.15, 0.2) is 17.2 Å². The summed E-state index contributed by atoms with van der Waals surface area (Å²) in [5, 5.41) is 12.6. The van der Waals surface area contributed by atoms with E-state index in [-0.39, 0.29) is 34.5 Å². The quantitative estimate of drug-likeness (QED) is 0.282. The van der Waals surface area contributed by atoms with Crippen molar-refractivity contribution >= 4 is 54.9 Å². The number of thiophene rings is 1.